The zero-order chi connectivity index (χ0) is 22.2. The molecule has 4 rings (SSSR count). The Hall–Kier alpha value is -3.01. The lowest BCUT2D eigenvalue weighted by Crippen LogP contribution is -2.24. The third-order valence-electron chi connectivity index (χ3n) is 5.09. The van der Waals surface area contributed by atoms with Crippen molar-refractivity contribution >= 4 is 32.9 Å². The first-order valence-electron chi connectivity index (χ1n) is 9.60. The number of carbonyl (C=O) groups excluding carboxylic acids is 1. The number of benzene rings is 2. The van der Waals surface area contributed by atoms with Crippen LogP contribution in [-0.2, 0) is 27.4 Å². The van der Waals surface area contributed by atoms with Crippen LogP contribution in [0.15, 0.2) is 42.5 Å². The first-order valence-corrected chi connectivity index (χ1v) is 11.3. The molecule has 6 nitrogen and oxygen atoms in total. The van der Waals surface area contributed by atoms with Crippen LogP contribution in [0.5, 0.6) is 5.75 Å². The molecule has 2 aliphatic heterocycles. The highest BCUT2D eigenvalue weighted by molar-refractivity contribution is 7.92. The average Bonchev–Trinajstić information content (AvgIpc) is 2.88. The number of aryl methyl sites for hydroxylation is 1. The van der Waals surface area contributed by atoms with Gasteiger partial charge >= 0.3 is 6.18 Å². The van der Waals surface area contributed by atoms with Gasteiger partial charge in [-0.2, -0.15) is 13.2 Å². The van der Waals surface area contributed by atoms with E-state index in [-0.39, 0.29) is 18.1 Å². The van der Waals surface area contributed by atoms with Crippen molar-refractivity contribution in [2.45, 2.75) is 25.4 Å². The van der Waals surface area contributed by atoms with Crippen molar-refractivity contribution in [2.75, 3.05) is 22.4 Å². The van der Waals surface area contributed by atoms with Crippen molar-refractivity contribution in [3.63, 3.8) is 0 Å². The Kier molecular flexibility index (Phi) is 5.42. The van der Waals surface area contributed by atoms with Crippen molar-refractivity contribution in [3.05, 3.63) is 59.2 Å². The SMILES string of the molecule is O=C(/C=C1\CCCOc2cc(C(F)(F)F)ccc21)Nc1ccc2c(c1)NS(=O)(=O)CC2. The van der Waals surface area contributed by atoms with Crippen LogP contribution in [0.2, 0.25) is 0 Å². The second-order valence-electron chi connectivity index (χ2n) is 7.36. The van der Waals surface area contributed by atoms with Gasteiger partial charge in [0.15, 0.2) is 0 Å². The van der Waals surface area contributed by atoms with E-state index < -0.39 is 27.7 Å². The first-order chi connectivity index (χ1) is 14.6. The topological polar surface area (TPSA) is 84.5 Å². The highest BCUT2D eigenvalue weighted by Gasteiger charge is 2.32. The smallest absolute Gasteiger partial charge is 0.416 e. The van der Waals surface area contributed by atoms with Gasteiger partial charge in [0.05, 0.1) is 23.6 Å². The second kappa shape index (κ2) is 7.92. The van der Waals surface area contributed by atoms with Crippen LogP contribution in [0.3, 0.4) is 0 Å². The average molecular weight is 452 g/mol. The third kappa shape index (κ3) is 4.84. The highest BCUT2D eigenvalue weighted by Crippen LogP contribution is 2.38. The molecule has 31 heavy (non-hydrogen) atoms. The van der Waals surface area contributed by atoms with Gasteiger partial charge in [-0.3, -0.25) is 9.52 Å². The number of rotatable bonds is 2. The Balaban J connectivity index is 1.57. The Morgan fingerprint density at radius 3 is 2.71 bits per heavy atom. The number of sulfonamides is 1. The fourth-order valence-electron chi connectivity index (χ4n) is 3.58. The summed E-state index contributed by atoms with van der Waals surface area (Å²) in [5.74, 6) is -0.370. The van der Waals surface area contributed by atoms with Crippen molar-refractivity contribution in [3.8, 4) is 5.75 Å². The fraction of sp³-hybridized carbons (Fsp3) is 0.286. The lowest BCUT2D eigenvalue weighted by molar-refractivity contribution is -0.137. The van der Waals surface area contributed by atoms with Crippen LogP contribution < -0.4 is 14.8 Å². The molecule has 0 saturated carbocycles. The van der Waals surface area contributed by atoms with Gasteiger partial charge in [0.1, 0.15) is 5.75 Å². The maximum absolute atomic E-state index is 13.0. The largest absolute Gasteiger partial charge is 0.493 e. The molecule has 2 aliphatic rings. The predicted molar refractivity (Wildman–Crippen MR) is 110 cm³/mol. The molecule has 0 radical (unpaired) electrons. The fourth-order valence-corrected chi connectivity index (χ4v) is 4.70. The number of allylic oxidation sites excluding steroid dienone is 1. The maximum atomic E-state index is 13.0. The predicted octanol–water partition coefficient (Wildman–Crippen LogP) is 4.20. The van der Waals surface area contributed by atoms with Crippen LogP contribution in [-0.4, -0.2) is 26.7 Å². The van der Waals surface area contributed by atoms with Gasteiger partial charge < -0.3 is 10.1 Å². The molecule has 2 aromatic carbocycles. The van der Waals surface area contributed by atoms with Crippen LogP contribution in [0.4, 0.5) is 24.5 Å². The highest BCUT2D eigenvalue weighted by atomic mass is 32.2. The normalized spacial score (nSPS) is 18.7. The molecule has 0 saturated heterocycles. The summed E-state index contributed by atoms with van der Waals surface area (Å²) in [6.07, 6.45) is -1.74. The zero-order valence-electron chi connectivity index (χ0n) is 16.3. The number of anilines is 2. The molecule has 1 amide bonds. The van der Waals surface area contributed by atoms with Gasteiger partial charge in [-0.25, -0.2) is 8.42 Å². The number of hydrogen-bond acceptors (Lipinski definition) is 4. The number of fused-ring (bicyclic) bond motifs is 2. The molecule has 0 spiro atoms. The van der Waals surface area contributed by atoms with Crippen LogP contribution in [0, 0.1) is 0 Å². The molecule has 10 heteroatoms. The van der Waals surface area contributed by atoms with Gasteiger partial charge in [-0.05, 0) is 54.7 Å². The lowest BCUT2D eigenvalue weighted by atomic mass is 9.99. The van der Waals surface area contributed by atoms with Crippen LogP contribution in [0.25, 0.3) is 5.57 Å². The van der Waals surface area contributed by atoms with Crippen molar-refractivity contribution in [1.82, 2.24) is 0 Å². The summed E-state index contributed by atoms with van der Waals surface area (Å²) in [5.41, 5.74) is 1.86. The van der Waals surface area contributed by atoms with Gasteiger partial charge in [0, 0.05) is 17.3 Å². The number of ether oxygens (including phenoxy) is 1. The molecule has 0 fully saturated rings. The van der Waals surface area contributed by atoms with Crippen LogP contribution >= 0.6 is 0 Å². The number of amides is 1. The Labute approximate surface area is 177 Å². The van der Waals surface area contributed by atoms with E-state index in [1.807, 2.05) is 0 Å². The molecule has 2 N–H and O–H groups in total. The molecular weight excluding hydrogens is 433 g/mol. The van der Waals surface area contributed by atoms with Crippen LogP contribution in [0.1, 0.15) is 29.5 Å². The number of hydrogen-bond donors (Lipinski definition) is 2. The molecule has 0 aromatic heterocycles. The first kappa shape index (κ1) is 21.2. The minimum absolute atomic E-state index is 0.00926. The van der Waals surface area contributed by atoms with Gasteiger partial charge in [-0.15, -0.1) is 0 Å². The summed E-state index contributed by atoms with van der Waals surface area (Å²) in [4.78, 5) is 12.6. The van der Waals surface area contributed by atoms with E-state index in [1.54, 1.807) is 18.2 Å². The molecule has 164 valence electrons. The van der Waals surface area contributed by atoms with E-state index in [2.05, 4.69) is 10.0 Å². The summed E-state index contributed by atoms with van der Waals surface area (Å²) < 4.78 is 70.4. The number of alkyl halides is 3. The van der Waals surface area contributed by atoms with Gasteiger partial charge in [0.25, 0.3) is 0 Å². The summed E-state index contributed by atoms with van der Waals surface area (Å²) in [6, 6.07) is 8.19. The second-order valence-corrected chi connectivity index (χ2v) is 9.20. The van der Waals surface area contributed by atoms with E-state index in [0.29, 0.717) is 41.8 Å². The Morgan fingerprint density at radius 1 is 1.13 bits per heavy atom. The van der Waals surface area contributed by atoms with E-state index >= 15 is 0 Å². The molecule has 2 aromatic rings. The standard InChI is InChI=1S/C21H19F3N2O4S/c22-21(23,24)15-4-6-17-14(2-1-8-30-19(17)11-15)10-20(27)25-16-5-3-13-7-9-31(28,29)26-18(13)12-16/h3-6,10-12,26H,1-2,7-9H2,(H,25,27)/b14-10+. The zero-order valence-corrected chi connectivity index (χ0v) is 17.1. The van der Waals surface area contributed by atoms with Gasteiger partial charge in [0.2, 0.25) is 15.9 Å². The molecule has 0 bridgehead atoms. The van der Waals surface area contributed by atoms with E-state index in [4.69, 9.17) is 4.74 Å². The maximum Gasteiger partial charge on any atom is 0.416 e. The monoisotopic (exact) mass is 452 g/mol. The summed E-state index contributed by atoms with van der Waals surface area (Å²) >= 11 is 0. The quantitative estimate of drug-likeness (QED) is 0.669. The molecular formula is C21H19F3N2O4S. The lowest BCUT2D eigenvalue weighted by Gasteiger charge is -2.19. The minimum Gasteiger partial charge on any atom is -0.493 e. The molecule has 2 heterocycles. The number of nitrogens with one attached hydrogen (secondary N) is 2. The Bertz CT molecular complexity index is 1170. The van der Waals surface area contributed by atoms with Crippen molar-refractivity contribution < 1.29 is 31.1 Å². The summed E-state index contributed by atoms with van der Waals surface area (Å²) in [5, 5.41) is 2.68. The molecule has 0 unspecified atom stereocenters. The minimum atomic E-state index is -4.49. The van der Waals surface area contributed by atoms with E-state index in [0.717, 1.165) is 17.7 Å². The van der Waals surface area contributed by atoms with E-state index in [1.165, 1.54) is 12.1 Å². The molecule has 0 aliphatic carbocycles. The summed E-state index contributed by atoms with van der Waals surface area (Å²) in [7, 11) is -3.38. The molecule has 0 atom stereocenters. The Morgan fingerprint density at radius 2 is 1.94 bits per heavy atom. The third-order valence-corrected chi connectivity index (χ3v) is 6.36. The van der Waals surface area contributed by atoms with Crippen molar-refractivity contribution in [1.29, 1.82) is 0 Å². The van der Waals surface area contributed by atoms with E-state index in [9.17, 15) is 26.4 Å². The number of carbonyl (C=O) groups is 1. The van der Waals surface area contributed by atoms with Gasteiger partial charge in [-0.1, -0.05) is 12.1 Å². The number of halogens is 3. The summed E-state index contributed by atoms with van der Waals surface area (Å²) in [6.45, 7) is 0.248. The van der Waals surface area contributed by atoms with Crippen molar-refractivity contribution in [2.24, 2.45) is 0 Å².